The van der Waals surface area contributed by atoms with Crippen molar-refractivity contribution in [1.29, 1.82) is 0 Å². The van der Waals surface area contributed by atoms with Gasteiger partial charge in [-0.3, -0.25) is 14.7 Å². The Hall–Kier alpha value is -4.28. The monoisotopic (exact) mass is 442 g/mol. The Balaban J connectivity index is 1.63. The lowest BCUT2D eigenvalue weighted by Crippen LogP contribution is -2.29. The number of hydrogen-bond acceptors (Lipinski definition) is 5. The maximum atomic E-state index is 13.3. The van der Waals surface area contributed by atoms with Crippen molar-refractivity contribution in [2.24, 2.45) is 0 Å². The summed E-state index contributed by atoms with van der Waals surface area (Å²) in [4.78, 5) is 31.1. The first kappa shape index (κ1) is 19.7. The predicted molar refractivity (Wildman–Crippen MR) is 104 cm³/mol. The minimum atomic E-state index is -4.93. The molecule has 2 aromatic carbocycles. The summed E-state index contributed by atoms with van der Waals surface area (Å²) in [5, 5.41) is 7.04. The van der Waals surface area contributed by atoms with Crippen LogP contribution in [0.25, 0.3) is 22.3 Å². The molecule has 0 radical (unpaired) electrons. The number of nitrogens with one attached hydrogen (secondary N) is 1. The number of fused-ring (bicyclic) bond motifs is 3. The van der Waals surface area contributed by atoms with Crippen LogP contribution in [0.5, 0.6) is 5.75 Å². The Kier molecular flexibility index (Phi) is 4.22. The summed E-state index contributed by atoms with van der Waals surface area (Å²) < 4.78 is 54.9. The lowest BCUT2D eigenvalue weighted by atomic mass is 10.0. The Morgan fingerprint density at radius 2 is 1.75 bits per heavy atom. The first-order valence-corrected chi connectivity index (χ1v) is 9.10. The van der Waals surface area contributed by atoms with E-state index in [-0.39, 0.29) is 27.8 Å². The van der Waals surface area contributed by atoms with E-state index in [4.69, 9.17) is 0 Å². The summed E-state index contributed by atoms with van der Waals surface area (Å²) in [5.74, 6) is -2.55. The van der Waals surface area contributed by atoms with E-state index in [1.807, 2.05) is 0 Å². The third-order valence-corrected chi connectivity index (χ3v) is 4.88. The number of halogens is 4. The molecule has 1 aliphatic rings. The van der Waals surface area contributed by atoms with E-state index in [0.717, 1.165) is 17.0 Å². The van der Waals surface area contributed by atoms with Gasteiger partial charge in [-0.05, 0) is 36.4 Å². The minimum absolute atomic E-state index is 0.00443. The number of rotatable bonds is 3. The molecule has 32 heavy (non-hydrogen) atoms. The Labute approximate surface area is 176 Å². The molecule has 4 aromatic rings. The Morgan fingerprint density at radius 1 is 1.00 bits per heavy atom. The summed E-state index contributed by atoms with van der Waals surface area (Å²) in [6, 6.07) is 9.93. The van der Waals surface area contributed by atoms with Gasteiger partial charge in [0.1, 0.15) is 11.6 Å². The molecule has 0 spiro atoms. The standard InChI is InChI=1S/C21H10F4N4O3/c22-11-6-4-10(5-7-11)17-16-15-14(9-26-18(16)28-27-17)19(30)29(20(15)31)12-2-1-3-13(8-12)32-21(23,24)25/h1-9H,(H,26,27,28). The van der Waals surface area contributed by atoms with Crippen molar-refractivity contribution in [3.05, 3.63) is 71.7 Å². The maximum absolute atomic E-state index is 13.3. The van der Waals surface area contributed by atoms with Crippen molar-refractivity contribution in [3.8, 4) is 17.0 Å². The first-order valence-electron chi connectivity index (χ1n) is 9.10. The molecule has 0 atom stereocenters. The molecule has 1 aliphatic heterocycles. The summed E-state index contributed by atoms with van der Waals surface area (Å²) in [6.45, 7) is 0. The molecule has 0 fully saturated rings. The topological polar surface area (TPSA) is 88.2 Å². The Morgan fingerprint density at radius 3 is 2.47 bits per heavy atom. The smallest absolute Gasteiger partial charge is 0.406 e. The molecule has 3 heterocycles. The van der Waals surface area contributed by atoms with Crippen LogP contribution in [0, 0.1) is 5.82 Å². The van der Waals surface area contributed by atoms with Crippen molar-refractivity contribution in [2.45, 2.75) is 6.36 Å². The van der Waals surface area contributed by atoms with Crippen molar-refractivity contribution in [1.82, 2.24) is 15.2 Å². The van der Waals surface area contributed by atoms with Gasteiger partial charge in [0.15, 0.2) is 5.65 Å². The number of ether oxygens (including phenoxy) is 1. The summed E-state index contributed by atoms with van der Waals surface area (Å²) >= 11 is 0. The second kappa shape index (κ2) is 6.87. The van der Waals surface area contributed by atoms with Gasteiger partial charge in [-0.25, -0.2) is 14.3 Å². The lowest BCUT2D eigenvalue weighted by molar-refractivity contribution is -0.274. The van der Waals surface area contributed by atoms with Gasteiger partial charge in [0, 0.05) is 17.8 Å². The van der Waals surface area contributed by atoms with Crippen LogP contribution in [0.1, 0.15) is 20.7 Å². The first-order chi connectivity index (χ1) is 15.2. The summed E-state index contributed by atoms with van der Waals surface area (Å²) in [5.41, 5.74) is 0.868. The molecule has 0 saturated carbocycles. The van der Waals surface area contributed by atoms with Crippen LogP contribution in [0.3, 0.4) is 0 Å². The molecule has 7 nitrogen and oxygen atoms in total. The van der Waals surface area contributed by atoms with E-state index in [2.05, 4.69) is 19.9 Å². The number of benzene rings is 2. The van der Waals surface area contributed by atoms with Gasteiger partial charge in [0.25, 0.3) is 11.8 Å². The molecule has 1 N–H and O–H groups in total. The number of carbonyl (C=O) groups is 2. The molecular weight excluding hydrogens is 432 g/mol. The molecular formula is C21H10F4N4O3. The van der Waals surface area contributed by atoms with Crippen LogP contribution in [0.2, 0.25) is 0 Å². The third kappa shape index (κ3) is 3.14. The average Bonchev–Trinajstić information content (AvgIpc) is 3.26. The molecule has 2 aromatic heterocycles. The number of amides is 2. The highest BCUT2D eigenvalue weighted by Crippen LogP contribution is 2.37. The van der Waals surface area contributed by atoms with Gasteiger partial charge in [0.05, 0.1) is 27.9 Å². The van der Waals surface area contributed by atoms with Gasteiger partial charge in [-0.1, -0.05) is 6.07 Å². The van der Waals surface area contributed by atoms with E-state index < -0.39 is 29.7 Å². The zero-order valence-electron chi connectivity index (χ0n) is 15.8. The number of carbonyl (C=O) groups excluding carboxylic acids is 2. The highest BCUT2D eigenvalue weighted by molar-refractivity contribution is 6.38. The molecule has 5 rings (SSSR count). The summed E-state index contributed by atoms with van der Waals surface area (Å²) in [7, 11) is 0. The van der Waals surface area contributed by atoms with Crippen molar-refractivity contribution >= 4 is 28.5 Å². The SMILES string of the molecule is O=C1c2cnc3n[nH]c(-c4ccc(F)cc4)c3c2C(=O)N1c1cccc(OC(F)(F)F)c1. The largest absolute Gasteiger partial charge is 0.573 e. The van der Waals surface area contributed by atoms with Crippen LogP contribution in [0.4, 0.5) is 23.2 Å². The predicted octanol–water partition coefficient (Wildman–Crippen LogP) is 4.46. The van der Waals surface area contributed by atoms with E-state index in [0.29, 0.717) is 11.3 Å². The van der Waals surface area contributed by atoms with Crippen molar-refractivity contribution < 1.29 is 31.9 Å². The number of alkyl halides is 3. The molecule has 160 valence electrons. The second-order valence-electron chi connectivity index (χ2n) is 6.84. The van der Waals surface area contributed by atoms with E-state index >= 15 is 0 Å². The number of anilines is 1. The van der Waals surface area contributed by atoms with Crippen molar-refractivity contribution in [2.75, 3.05) is 4.90 Å². The zero-order chi connectivity index (χ0) is 22.6. The Bertz CT molecular complexity index is 1400. The summed E-state index contributed by atoms with van der Waals surface area (Å²) in [6.07, 6.45) is -3.75. The number of imide groups is 1. The number of aromatic amines is 1. The van der Waals surface area contributed by atoms with Crippen molar-refractivity contribution in [3.63, 3.8) is 0 Å². The van der Waals surface area contributed by atoms with E-state index in [1.54, 1.807) is 0 Å². The number of aromatic nitrogens is 3. The number of pyridine rings is 1. The quantitative estimate of drug-likeness (QED) is 0.374. The number of nitrogens with zero attached hydrogens (tertiary/aromatic N) is 3. The van der Waals surface area contributed by atoms with Crippen LogP contribution in [-0.4, -0.2) is 33.4 Å². The van der Waals surface area contributed by atoms with Gasteiger partial charge in [-0.2, -0.15) is 5.10 Å². The van der Waals surface area contributed by atoms with E-state index in [1.165, 1.54) is 42.6 Å². The van der Waals surface area contributed by atoms with Crippen LogP contribution in [0.15, 0.2) is 54.7 Å². The lowest BCUT2D eigenvalue weighted by Gasteiger charge is -2.16. The second-order valence-corrected chi connectivity index (χ2v) is 6.84. The van der Waals surface area contributed by atoms with Gasteiger partial charge < -0.3 is 4.74 Å². The fourth-order valence-electron chi connectivity index (χ4n) is 3.58. The maximum Gasteiger partial charge on any atom is 0.573 e. The molecule has 0 unspecified atom stereocenters. The number of H-pyrrole nitrogens is 1. The highest BCUT2D eigenvalue weighted by Gasteiger charge is 2.40. The molecule has 0 bridgehead atoms. The van der Waals surface area contributed by atoms with Crippen LogP contribution in [-0.2, 0) is 0 Å². The molecule has 2 amide bonds. The molecule has 0 aliphatic carbocycles. The third-order valence-electron chi connectivity index (χ3n) is 4.88. The highest BCUT2D eigenvalue weighted by atomic mass is 19.4. The zero-order valence-corrected chi connectivity index (χ0v) is 15.8. The van der Waals surface area contributed by atoms with Crippen LogP contribution >= 0.6 is 0 Å². The fourth-order valence-corrected chi connectivity index (χ4v) is 3.58. The molecule has 11 heteroatoms. The van der Waals surface area contributed by atoms with Gasteiger partial charge >= 0.3 is 6.36 Å². The van der Waals surface area contributed by atoms with E-state index in [9.17, 15) is 27.2 Å². The van der Waals surface area contributed by atoms with Gasteiger partial charge in [0.2, 0.25) is 0 Å². The van der Waals surface area contributed by atoms with Crippen LogP contribution < -0.4 is 9.64 Å². The average molecular weight is 442 g/mol. The fraction of sp³-hybridized carbons (Fsp3) is 0.0476. The minimum Gasteiger partial charge on any atom is -0.406 e. The number of hydrogen-bond donors (Lipinski definition) is 1. The van der Waals surface area contributed by atoms with Gasteiger partial charge in [-0.15, -0.1) is 13.2 Å². The molecule has 0 saturated heterocycles. The normalized spacial score (nSPS) is 13.7.